The highest BCUT2D eigenvalue weighted by Gasteiger charge is 2.17. The van der Waals surface area contributed by atoms with Crippen molar-refractivity contribution in [1.82, 2.24) is 9.55 Å². The predicted molar refractivity (Wildman–Crippen MR) is 75.2 cm³/mol. The van der Waals surface area contributed by atoms with E-state index in [4.69, 9.17) is 22.6 Å². The molecule has 0 aliphatic carbocycles. The van der Waals surface area contributed by atoms with Crippen molar-refractivity contribution in [3.63, 3.8) is 0 Å². The van der Waals surface area contributed by atoms with Crippen LogP contribution < -0.4 is 5.73 Å². The molecule has 3 rings (SSSR count). The molecule has 6 heteroatoms. The molecule has 0 aliphatic rings. The van der Waals surface area contributed by atoms with Crippen molar-refractivity contribution in [2.75, 3.05) is 5.73 Å². The molecular weight excluding hydrogens is 279 g/mol. The maximum absolute atomic E-state index is 13.7. The minimum atomic E-state index is -0.613. The van der Waals surface area contributed by atoms with E-state index in [9.17, 15) is 4.39 Å². The van der Waals surface area contributed by atoms with E-state index in [0.29, 0.717) is 21.7 Å². The number of hydrogen-bond donors (Lipinski definition) is 1. The number of imidazole rings is 1. The lowest BCUT2D eigenvalue weighted by Crippen LogP contribution is -2.04. The van der Waals surface area contributed by atoms with Gasteiger partial charge in [-0.2, -0.15) is 5.26 Å². The topological polar surface area (TPSA) is 67.6 Å². The normalized spacial score (nSPS) is 10.7. The Hall–Kier alpha value is -2.58. The lowest BCUT2D eigenvalue weighted by Gasteiger charge is -2.09. The molecule has 0 atom stereocenters. The van der Waals surface area contributed by atoms with Gasteiger partial charge in [0.05, 0.1) is 21.7 Å². The van der Waals surface area contributed by atoms with Crippen LogP contribution in [0.2, 0.25) is 5.02 Å². The largest absolute Gasteiger partial charge is 0.369 e. The number of aromatic nitrogens is 2. The summed E-state index contributed by atoms with van der Waals surface area (Å²) in [5, 5.41) is 9.56. The molecule has 3 aromatic rings. The number of nitrogens with two attached hydrogens (primary N) is 1. The number of rotatable bonds is 1. The molecule has 0 fully saturated rings. The van der Waals surface area contributed by atoms with Gasteiger partial charge < -0.3 is 5.73 Å². The number of para-hydroxylation sites is 1. The maximum Gasteiger partial charge on any atom is 0.206 e. The highest BCUT2D eigenvalue weighted by Crippen LogP contribution is 2.30. The first-order chi connectivity index (χ1) is 9.63. The van der Waals surface area contributed by atoms with Crippen molar-refractivity contribution >= 4 is 28.6 Å². The van der Waals surface area contributed by atoms with E-state index in [-0.39, 0.29) is 11.5 Å². The Balaban J connectivity index is 2.45. The Morgan fingerprint density at radius 2 is 2.00 bits per heavy atom. The third kappa shape index (κ3) is 1.70. The van der Waals surface area contributed by atoms with Crippen LogP contribution in [0.15, 0.2) is 36.4 Å². The fourth-order valence-corrected chi connectivity index (χ4v) is 2.41. The second kappa shape index (κ2) is 4.51. The van der Waals surface area contributed by atoms with Crippen LogP contribution in [0.5, 0.6) is 0 Å². The number of halogens is 2. The Bertz CT molecular complexity index is 863. The number of nitrogen functional groups attached to an aromatic ring is 1. The summed E-state index contributed by atoms with van der Waals surface area (Å²) in [6, 6.07) is 11.4. The van der Waals surface area contributed by atoms with Gasteiger partial charge in [0.15, 0.2) is 0 Å². The number of nitriles is 1. The minimum absolute atomic E-state index is 0.0987. The molecule has 4 nitrogen and oxygen atoms in total. The molecule has 0 saturated heterocycles. The zero-order chi connectivity index (χ0) is 14.3. The average molecular weight is 287 g/mol. The van der Waals surface area contributed by atoms with Gasteiger partial charge in [-0.15, -0.1) is 0 Å². The van der Waals surface area contributed by atoms with Crippen molar-refractivity contribution < 1.29 is 4.39 Å². The molecular formula is C14H8ClFN4. The lowest BCUT2D eigenvalue weighted by atomic mass is 10.1. The molecule has 0 radical (unpaired) electrons. The predicted octanol–water partition coefficient (Wildman–Crippen LogP) is 3.27. The van der Waals surface area contributed by atoms with E-state index in [1.807, 2.05) is 6.07 Å². The summed E-state index contributed by atoms with van der Waals surface area (Å²) < 4.78 is 15.2. The number of benzene rings is 2. The van der Waals surface area contributed by atoms with Gasteiger partial charge >= 0.3 is 0 Å². The SMILES string of the molecule is N#Cc1c(F)cccc1-n1c(N)nc2cccc(Cl)c21. The molecule has 20 heavy (non-hydrogen) atoms. The number of hydrogen-bond acceptors (Lipinski definition) is 3. The van der Waals surface area contributed by atoms with E-state index < -0.39 is 5.82 Å². The molecule has 2 N–H and O–H groups in total. The zero-order valence-corrected chi connectivity index (χ0v) is 10.9. The van der Waals surface area contributed by atoms with Gasteiger partial charge in [-0.3, -0.25) is 4.57 Å². The van der Waals surface area contributed by atoms with Crippen molar-refractivity contribution in [2.24, 2.45) is 0 Å². The van der Waals surface area contributed by atoms with Crippen LogP contribution in [0.3, 0.4) is 0 Å². The van der Waals surface area contributed by atoms with Crippen molar-refractivity contribution in [1.29, 1.82) is 5.26 Å². The molecule has 0 saturated carbocycles. The molecule has 1 heterocycles. The van der Waals surface area contributed by atoms with Crippen LogP contribution in [0.4, 0.5) is 10.3 Å². The van der Waals surface area contributed by atoms with Crippen LogP contribution in [-0.4, -0.2) is 9.55 Å². The Labute approximate surface area is 118 Å². The monoisotopic (exact) mass is 286 g/mol. The first-order valence-corrected chi connectivity index (χ1v) is 6.12. The zero-order valence-electron chi connectivity index (χ0n) is 10.1. The van der Waals surface area contributed by atoms with Crippen molar-refractivity contribution in [3.05, 3.63) is 52.8 Å². The molecule has 1 aromatic heterocycles. The minimum Gasteiger partial charge on any atom is -0.369 e. The second-order valence-electron chi connectivity index (χ2n) is 4.16. The third-order valence-corrected chi connectivity index (χ3v) is 3.30. The van der Waals surface area contributed by atoms with Crippen LogP contribution in [0.25, 0.3) is 16.7 Å². The first-order valence-electron chi connectivity index (χ1n) is 5.75. The van der Waals surface area contributed by atoms with E-state index in [2.05, 4.69) is 4.98 Å². The summed E-state index contributed by atoms with van der Waals surface area (Å²) in [5.74, 6) is -0.464. The van der Waals surface area contributed by atoms with Gasteiger partial charge in [0.25, 0.3) is 0 Å². The molecule has 0 aliphatic heterocycles. The van der Waals surface area contributed by atoms with E-state index in [1.54, 1.807) is 24.3 Å². The molecule has 0 spiro atoms. The Kier molecular flexibility index (Phi) is 2.81. The quantitative estimate of drug-likeness (QED) is 0.746. The van der Waals surface area contributed by atoms with Gasteiger partial charge in [0.2, 0.25) is 5.95 Å². The molecule has 0 unspecified atom stereocenters. The van der Waals surface area contributed by atoms with Crippen molar-refractivity contribution in [3.8, 4) is 11.8 Å². The van der Waals surface area contributed by atoms with E-state index >= 15 is 0 Å². The lowest BCUT2D eigenvalue weighted by molar-refractivity contribution is 0.623. The van der Waals surface area contributed by atoms with Gasteiger partial charge in [-0.1, -0.05) is 23.7 Å². The summed E-state index contributed by atoms with van der Waals surface area (Å²) in [4.78, 5) is 4.18. The highest BCUT2D eigenvalue weighted by atomic mass is 35.5. The summed E-state index contributed by atoms with van der Waals surface area (Å²) in [6.45, 7) is 0. The standard InChI is InChI=1S/C14H8ClFN4/c15-9-3-1-5-11-13(9)20(14(18)19-11)12-6-2-4-10(16)8(12)7-17/h1-6H,(H2,18,19). The van der Waals surface area contributed by atoms with Crippen LogP contribution >= 0.6 is 11.6 Å². The summed E-state index contributed by atoms with van der Waals surface area (Å²) in [7, 11) is 0. The summed E-state index contributed by atoms with van der Waals surface area (Å²) in [5.41, 5.74) is 7.25. The summed E-state index contributed by atoms with van der Waals surface area (Å²) in [6.07, 6.45) is 0. The van der Waals surface area contributed by atoms with Crippen LogP contribution in [-0.2, 0) is 0 Å². The smallest absolute Gasteiger partial charge is 0.206 e. The molecule has 0 amide bonds. The van der Waals surface area contributed by atoms with Gasteiger partial charge in [0.1, 0.15) is 17.4 Å². The number of fused-ring (bicyclic) bond motifs is 1. The van der Waals surface area contributed by atoms with Gasteiger partial charge in [0, 0.05) is 0 Å². The highest BCUT2D eigenvalue weighted by molar-refractivity contribution is 6.35. The fraction of sp³-hybridized carbons (Fsp3) is 0. The number of anilines is 1. The molecule has 2 aromatic carbocycles. The molecule has 98 valence electrons. The van der Waals surface area contributed by atoms with E-state index in [0.717, 1.165) is 0 Å². The number of nitrogens with zero attached hydrogens (tertiary/aromatic N) is 3. The Morgan fingerprint density at radius 1 is 1.25 bits per heavy atom. The third-order valence-electron chi connectivity index (χ3n) is 3.00. The van der Waals surface area contributed by atoms with Gasteiger partial charge in [-0.05, 0) is 24.3 Å². The Morgan fingerprint density at radius 3 is 2.75 bits per heavy atom. The first kappa shape index (κ1) is 12.5. The second-order valence-corrected chi connectivity index (χ2v) is 4.57. The van der Waals surface area contributed by atoms with E-state index in [1.165, 1.54) is 16.7 Å². The molecule has 0 bridgehead atoms. The fourth-order valence-electron chi connectivity index (χ4n) is 2.16. The van der Waals surface area contributed by atoms with Crippen LogP contribution in [0, 0.1) is 17.1 Å². The average Bonchev–Trinajstić information content (AvgIpc) is 2.76. The maximum atomic E-state index is 13.7. The summed E-state index contributed by atoms with van der Waals surface area (Å²) >= 11 is 6.17. The van der Waals surface area contributed by atoms with Crippen LogP contribution in [0.1, 0.15) is 5.56 Å². The van der Waals surface area contributed by atoms with Gasteiger partial charge in [-0.25, -0.2) is 9.37 Å². The van der Waals surface area contributed by atoms with Crippen molar-refractivity contribution in [2.45, 2.75) is 0 Å².